The van der Waals surface area contributed by atoms with Gasteiger partial charge in [-0.3, -0.25) is 4.72 Å². The molecule has 2 aromatic rings. The van der Waals surface area contributed by atoms with Crippen molar-refractivity contribution in [3.63, 3.8) is 0 Å². The van der Waals surface area contributed by atoms with Gasteiger partial charge in [0.25, 0.3) is 0 Å². The highest BCUT2D eigenvalue weighted by Gasteiger charge is 2.34. The maximum Gasteiger partial charge on any atom is 0.418 e. The van der Waals surface area contributed by atoms with E-state index in [2.05, 4.69) is 0 Å². The van der Waals surface area contributed by atoms with Crippen LogP contribution in [0.3, 0.4) is 0 Å². The second-order valence-electron chi connectivity index (χ2n) is 5.31. The second-order valence-corrected chi connectivity index (χ2v) is 7.15. The summed E-state index contributed by atoms with van der Waals surface area (Å²) < 4.78 is 70.0. The molecule has 0 unspecified atom stereocenters. The van der Waals surface area contributed by atoms with Crippen LogP contribution in [0.25, 0.3) is 0 Å². The SMILES string of the molecule is CCc1ccc(OCCS(=O)(=O)Nc2ccccc2C(F)(F)F)cc1. The van der Waals surface area contributed by atoms with Crippen molar-refractivity contribution < 1.29 is 26.3 Å². The van der Waals surface area contributed by atoms with Gasteiger partial charge in [0.1, 0.15) is 18.1 Å². The van der Waals surface area contributed by atoms with Gasteiger partial charge in [-0.1, -0.05) is 31.2 Å². The lowest BCUT2D eigenvalue weighted by molar-refractivity contribution is -0.136. The summed E-state index contributed by atoms with van der Waals surface area (Å²) in [6.45, 7) is 1.84. The molecule has 0 fully saturated rings. The van der Waals surface area contributed by atoms with Crippen LogP contribution in [0.4, 0.5) is 18.9 Å². The topological polar surface area (TPSA) is 55.4 Å². The molecule has 0 aliphatic heterocycles. The van der Waals surface area contributed by atoms with Crippen LogP contribution in [0.1, 0.15) is 18.1 Å². The van der Waals surface area contributed by atoms with Gasteiger partial charge in [-0.15, -0.1) is 0 Å². The Kier molecular flexibility index (Phi) is 5.94. The largest absolute Gasteiger partial charge is 0.492 e. The molecule has 0 aliphatic rings. The van der Waals surface area contributed by atoms with Gasteiger partial charge in [0.15, 0.2) is 0 Å². The summed E-state index contributed by atoms with van der Waals surface area (Å²) >= 11 is 0. The minimum atomic E-state index is -4.64. The number of para-hydroxylation sites is 1. The number of alkyl halides is 3. The van der Waals surface area contributed by atoms with Crippen LogP contribution in [-0.2, 0) is 22.6 Å². The van der Waals surface area contributed by atoms with E-state index in [1.54, 1.807) is 12.1 Å². The summed E-state index contributed by atoms with van der Waals surface area (Å²) in [4.78, 5) is 0. The molecule has 0 atom stereocenters. The van der Waals surface area contributed by atoms with Gasteiger partial charge < -0.3 is 4.74 Å². The zero-order valence-corrected chi connectivity index (χ0v) is 14.3. The van der Waals surface area contributed by atoms with Crippen LogP contribution >= 0.6 is 0 Å². The summed E-state index contributed by atoms with van der Waals surface area (Å²) in [7, 11) is -3.98. The average Bonchev–Trinajstić information content (AvgIpc) is 2.54. The Morgan fingerprint density at radius 3 is 2.28 bits per heavy atom. The van der Waals surface area contributed by atoms with Gasteiger partial charge in [-0.05, 0) is 36.2 Å². The molecular formula is C17H18F3NO3S. The first-order chi connectivity index (χ1) is 11.7. The van der Waals surface area contributed by atoms with Crippen molar-refractivity contribution in [1.29, 1.82) is 0 Å². The molecule has 0 heterocycles. The summed E-state index contributed by atoms with van der Waals surface area (Å²) in [5.41, 5.74) is -0.414. The average molecular weight is 373 g/mol. The molecule has 0 saturated heterocycles. The Morgan fingerprint density at radius 1 is 1.04 bits per heavy atom. The van der Waals surface area contributed by atoms with Crippen LogP contribution in [0.15, 0.2) is 48.5 Å². The summed E-state index contributed by atoms with van der Waals surface area (Å²) in [6.07, 6.45) is -3.77. The van der Waals surface area contributed by atoms with E-state index in [4.69, 9.17) is 4.74 Å². The predicted octanol–water partition coefficient (Wildman–Crippen LogP) is 4.09. The van der Waals surface area contributed by atoms with Gasteiger partial charge in [0.2, 0.25) is 10.0 Å². The van der Waals surface area contributed by atoms with Crippen LogP contribution in [0, 0.1) is 0 Å². The van der Waals surface area contributed by atoms with E-state index in [-0.39, 0.29) is 6.61 Å². The summed E-state index contributed by atoms with van der Waals surface area (Å²) in [5, 5.41) is 0. The standard InChI is InChI=1S/C17H18F3NO3S/c1-2-13-7-9-14(10-8-13)24-11-12-25(22,23)21-16-6-4-3-5-15(16)17(18,19)20/h3-10,21H,2,11-12H2,1H3. The summed E-state index contributed by atoms with van der Waals surface area (Å²) in [5.74, 6) is 0.0393. The highest BCUT2D eigenvalue weighted by molar-refractivity contribution is 7.92. The molecule has 0 radical (unpaired) electrons. The highest BCUT2D eigenvalue weighted by atomic mass is 32.2. The minimum Gasteiger partial charge on any atom is -0.492 e. The van der Waals surface area contributed by atoms with E-state index in [1.165, 1.54) is 12.1 Å². The lowest BCUT2D eigenvalue weighted by Crippen LogP contribution is -2.23. The fourth-order valence-electron chi connectivity index (χ4n) is 2.13. The third kappa shape index (κ3) is 5.67. The van der Waals surface area contributed by atoms with Crippen molar-refractivity contribution >= 4 is 15.7 Å². The van der Waals surface area contributed by atoms with Gasteiger partial charge in [0.05, 0.1) is 11.3 Å². The molecule has 0 spiro atoms. The first-order valence-electron chi connectivity index (χ1n) is 7.60. The van der Waals surface area contributed by atoms with E-state index in [0.717, 1.165) is 24.1 Å². The molecular weight excluding hydrogens is 355 g/mol. The Labute approximate surface area is 144 Å². The lowest BCUT2D eigenvalue weighted by Gasteiger charge is -2.14. The molecule has 2 rings (SSSR count). The Bertz CT molecular complexity index is 803. The van der Waals surface area contributed by atoms with Crippen molar-refractivity contribution in [2.75, 3.05) is 17.1 Å². The Hall–Kier alpha value is -2.22. The van der Waals surface area contributed by atoms with E-state index < -0.39 is 33.2 Å². The van der Waals surface area contributed by atoms with E-state index in [0.29, 0.717) is 5.75 Å². The zero-order valence-electron chi connectivity index (χ0n) is 13.5. The highest BCUT2D eigenvalue weighted by Crippen LogP contribution is 2.34. The number of hydrogen-bond acceptors (Lipinski definition) is 3. The third-order valence-corrected chi connectivity index (χ3v) is 4.69. The zero-order chi connectivity index (χ0) is 18.5. The molecule has 0 saturated carbocycles. The number of rotatable bonds is 7. The van der Waals surface area contributed by atoms with Gasteiger partial charge in [0, 0.05) is 0 Å². The van der Waals surface area contributed by atoms with Gasteiger partial charge >= 0.3 is 6.18 Å². The van der Waals surface area contributed by atoms with Crippen molar-refractivity contribution in [3.05, 3.63) is 59.7 Å². The molecule has 2 aromatic carbocycles. The second kappa shape index (κ2) is 7.77. The van der Waals surface area contributed by atoms with Crippen LogP contribution in [0.5, 0.6) is 5.75 Å². The van der Waals surface area contributed by atoms with E-state index in [9.17, 15) is 21.6 Å². The first kappa shape index (κ1) is 19.1. The maximum absolute atomic E-state index is 12.9. The van der Waals surface area contributed by atoms with E-state index in [1.807, 2.05) is 23.8 Å². The molecule has 136 valence electrons. The number of ether oxygens (including phenoxy) is 1. The number of halogens is 3. The molecule has 1 N–H and O–H groups in total. The fraction of sp³-hybridized carbons (Fsp3) is 0.294. The van der Waals surface area contributed by atoms with Crippen LogP contribution < -0.4 is 9.46 Å². The van der Waals surface area contributed by atoms with Crippen molar-refractivity contribution in [2.24, 2.45) is 0 Å². The number of anilines is 1. The maximum atomic E-state index is 12.9. The number of aryl methyl sites for hydroxylation is 1. The molecule has 0 amide bonds. The molecule has 8 heteroatoms. The number of nitrogens with one attached hydrogen (secondary N) is 1. The van der Waals surface area contributed by atoms with Crippen molar-refractivity contribution in [3.8, 4) is 5.75 Å². The van der Waals surface area contributed by atoms with Crippen LogP contribution in [-0.4, -0.2) is 20.8 Å². The first-order valence-corrected chi connectivity index (χ1v) is 9.25. The quantitative estimate of drug-likeness (QED) is 0.795. The van der Waals surface area contributed by atoms with Gasteiger partial charge in [-0.25, -0.2) is 8.42 Å². The molecule has 0 aliphatic carbocycles. The monoisotopic (exact) mass is 373 g/mol. The Morgan fingerprint density at radius 2 is 1.68 bits per heavy atom. The number of benzene rings is 2. The minimum absolute atomic E-state index is 0.172. The molecule has 25 heavy (non-hydrogen) atoms. The lowest BCUT2D eigenvalue weighted by atomic mass is 10.2. The number of sulfonamides is 1. The molecule has 0 bridgehead atoms. The van der Waals surface area contributed by atoms with Crippen LogP contribution in [0.2, 0.25) is 0 Å². The Balaban J connectivity index is 1.98. The number of hydrogen-bond donors (Lipinski definition) is 1. The smallest absolute Gasteiger partial charge is 0.418 e. The summed E-state index contributed by atoms with van der Waals surface area (Å²) in [6, 6.07) is 11.6. The molecule has 4 nitrogen and oxygen atoms in total. The van der Waals surface area contributed by atoms with Crippen molar-refractivity contribution in [2.45, 2.75) is 19.5 Å². The molecule has 0 aromatic heterocycles. The third-order valence-electron chi connectivity index (χ3n) is 3.45. The normalized spacial score (nSPS) is 12.0. The van der Waals surface area contributed by atoms with E-state index >= 15 is 0 Å². The fourth-order valence-corrected chi connectivity index (χ4v) is 3.05. The predicted molar refractivity (Wildman–Crippen MR) is 90.2 cm³/mol. The van der Waals surface area contributed by atoms with Gasteiger partial charge in [-0.2, -0.15) is 13.2 Å². The van der Waals surface area contributed by atoms with Crippen molar-refractivity contribution in [1.82, 2.24) is 0 Å².